The fourth-order valence-corrected chi connectivity index (χ4v) is 1.30. The molecule has 0 aliphatic heterocycles. The molecule has 0 spiro atoms. The summed E-state index contributed by atoms with van der Waals surface area (Å²) >= 11 is 1.41. The van der Waals surface area contributed by atoms with Crippen molar-refractivity contribution in [2.75, 3.05) is 0 Å². The first-order valence-corrected chi connectivity index (χ1v) is 4.99. The van der Waals surface area contributed by atoms with Crippen molar-refractivity contribution in [2.24, 2.45) is 5.10 Å². The van der Waals surface area contributed by atoms with Gasteiger partial charge in [-0.25, -0.2) is 5.43 Å². The summed E-state index contributed by atoms with van der Waals surface area (Å²) < 4.78 is 0. The van der Waals surface area contributed by atoms with Crippen molar-refractivity contribution in [3.63, 3.8) is 0 Å². The highest BCUT2D eigenvalue weighted by Crippen LogP contribution is 2.07. The largest absolute Gasteiger partial charge is 0.281 e. The molecule has 0 unspecified atom stereocenters. The van der Waals surface area contributed by atoms with Gasteiger partial charge in [0.15, 0.2) is 0 Å². The summed E-state index contributed by atoms with van der Waals surface area (Å²) in [4.78, 5) is 12.0. The Labute approximate surface area is 81.5 Å². The zero-order valence-corrected chi connectivity index (χ0v) is 8.52. The molecule has 1 aromatic heterocycles. The molecule has 0 saturated heterocycles. The number of carbonyl (C=O) groups excluding carboxylic acids is 1. The molecule has 1 amide bonds. The maximum atomic E-state index is 11.3. The Balaban J connectivity index is 2.52. The molecule has 0 aromatic carbocycles. The van der Waals surface area contributed by atoms with E-state index in [2.05, 4.69) is 10.5 Å². The average molecular weight is 196 g/mol. The second-order valence-corrected chi connectivity index (χ2v) is 3.57. The lowest BCUT2D eigenvalue weighted by atomic mass is 10.3. The van der Waals surface area contributed by atoms with Gasteiger partial charge >= 0.3 is 0 Å². The van der Waals surface area contributed by atoms with Crippen molar-refractivity contribution >= 4 is 23.0 Å². The molecule has 0 bridgehead atoms. The third-order valence-electron chi connectivity index (χ3n) is 1.60. The number of hydrogen-bond acceptors (Lipinski definition) is 3. The molecule has 1 N–H and O–H groups in total. The van der Waals surface area contributed by atoms with E-state index in [-0.39, 0.29) is 5.91 Å². The number of rotatable bonds is 3. The minimum atomic E-state index is -0.136. The summed E-state index contributed by atoms with van der Waals surface area (Å²) in [5, 5.41) is 5.79. The van der Waals surface area contributed by atoms with Gasteiger partial charge in [-0.15, -0.1) is 11.3 Å². The highest BCUT2D eigenvalue weighted by molar-refractivity contribution is 7.12. The highest BCUT2D eigenvalue weighted by atomic mass is 32.1. The van der Waals surface area contributed by atoms with Gasteiger partial charge in [-0.05, 0) is 24.8 Å². The standard InChI is InChI=1S/C9H12N2OS/c1-3-7(2)10-11-9(12)8-5-4-6-13-8/h4-6H,3H2,1-2H3,(H,11,12)/b10-7-. The van der Waals surface area contributed by atoms with Crippen molar-refractivity contribution < 1.29 is 4.79 Å². The summed E-state index contributed by atoms with van der Waals surface area (Å²) in [7, 11) is 0. The molecule has 1 aromatic rings. The smallest absolute Gasteiger partial charge is 0.266 e. The number of thiophene rings is 1. The SMILES string of the molecule is CC/C(C)=N\NC(=O)c1cccs1. The minimum absolute atomic E-state index is 0.136. The maximum absolute atomic E-state index is 11.3. The second-order valence-electron chi connectivity index (χ2n) is 2.62. The molecule has 0 saturated carbocycles. The van der Waals surface area contributed by atoms with Gasteiger partial charge in [-0.1, -0.05) is 13.0 Å². The van der Waals surface area contributed by atoms with E-state index >= 15 is 0 Å². The molecule has 0 aliphatic carbocycles. The Bertz CT molecular complexity index is 303. The number of nitrogens with zero attached hydrogens (tertiary/aromatic N) is 1. The third-order valence-corrected chi connectivity index (χ3v) is 2.47. The lowest BCUT2D eigenvalue weighted by Crippen LogP contribution is -2.17. The van der Waals surface area contributed by atoms with Gasteiger partial charge in [0.25, 0.3) is 5.91 Å². The molecule has 1 heterocycles. The zero-order valence-electron chi connectivity index (χ0n) is 7.70. The van der Waals surface area contributed by atoms with Crippen LogP contribution in [0, 0.1) is 0 Å². The first kappa shape index (κ1) is 9.92. The number of nitrogens with one attached hydrogen (secondary N) is 1. The molecule has 70 valence electrons. The van der Waals surface area contributed by atoms with Crippen molar-refractivity contribution in [2.45, 2.75) is 20.3 Å². The molecule has 0 atom stereocenters. The van der Waals surface area contributed by atoms with Gasteiger partial charge in [-0.2, -0.15) is 5.10 Å². The van der Waals surface area contributed by atoms with Crippen LogP contribution in [-0.4, -0.2) is 11.6 Å². The zero-order chi connectivity index (χ0) is 9.68. The quantitative estimate of drug-likeness (QED) is 0.584. The summed E-state index contributed by atoms with van der Waals surface area (Å²) in [6, 6.07) is 3.62. The monoisotopic (exact) mass is 196 g/mol. The van der Waals surface area contributed by atoms with E-state index in [0.29, 0.717) is 4.88 Å². The van der Waals surface area contributed by atoms with Gasteiger partial charge in [0.2, 0.25) is 0 Å². The Morgan fingerprint density at radius 1 is 1.69 bits per heavy atom. The topological polar surface area (TPSA) is 41.5 Å². The van der Waals surface area contributed by atoms with Crippen LogP contribution in [0.15, 0.2) is 22.6 Å². The van der Waals surface area contributed by atoms with Crippen LogP contribution in [-0.2, 0) is 0 Å². The van der Waals surface area contributed by atoms with Crippen LogP contribution >= 0.6 is 11.3 Å². The Morgan fingerprint density at radius 3 is 3.00 bits per heavy atom. The summed E-state index contributed by atoms with van der Waals surface area (Å²) in [6.45, 7) is 3.88. The molecule has 0 radical (unpaired) electrons. The van der Waals surface area contributed by atoms with E-state index in [1.54, 1.807) is 6.07 Å². The first-order valence-electron chi connectivity index (χ1n) is 4.11. The van der Waals surface area contributed by atoms with Crippen molar-refractivity contribution in [1.29, 1.82) is 0 Å². The van der Waals surface area contributed by atoms with Gasteiger partial charge in [0.05, 0.1) is 4.88 Å². The Kier molecular flexibility index (Phi) is 3.64. The van der Waals surface area contributed by atoms with E-state index < -0.39 is 0 Å². The van der Waals surface area contributed by atoms with Crippen molar-refractivity contribution in [3.8, 4) is 0 Å². The van der Waals surface area contributed by atoms with E-state index in [9.17, 15) is 4.79 Å². The van der Waals surface area contributed by atoms with Crippen LogP contribution < -0.4 is 5.43 Å². The molecule has 4 heteroatoms. The normalized spacial score (nSPS) is 11.4. The number of amides is 1. The lowest BCUT2D eigenvalue weighted by molar-refractivity contribution is 0.0959. The number of carbonyl (C=O) groups is 1. The maximum Gasteiger partial charge on any atom is 0.281 e. The molecule has 0 aliphatic rings. The van der Waals surface area contributed by atoms with Crippen LogP contribution in [0.5, 0.6) is 0 Å². The molecule has 0 fully saturated rings. The second kappa shape index (κ2) is 4.77. The Morgan fingerprint density at radius 2 is 2.46 bits per heavy atom. The van der Waals surface area contributed by atoms with E-state index in [1.165, 1.54) is 11.3 Å². The minimum Gasteiger partial charge on any atom is -0.266 e. The van der Waals surface area contributed by atoms with Crippen LogP contribution in [0.4, 0.5) is 0 Å². The van der Waals surface area contributed by atoms with Crippen molar-refractivity contribution in [3.05, 3.63) is 22.4 Å². The summed E-state index contributed by atoms with van der Waals surface area (Å²) in [5.74, 6) is -0.136. The number of hydrogen-bond donors (Lipinski definition) is 1. The fourth-order valence-electron chi connectivity index (χ4n) is 0.688. The lowest BCUT2D eigenvalue weighted by Gasteiger charge is -1.97. The predicted molar refractivity (Wildman–Crippen MR) is 55.2 cm³/mol. The molecule has 3 nitrogen and oxygen atoms in total. The number of hydrazone groups is 1. The average Bonchev–Trinajstić information content (AvgIpc) is 2.66. The van der Waals surface area contributed by atoms with Gasteiger partial charge in [-0.3, -0.25) is 4.79 Å². The van der Waals surface area contributed by atoms with Crippen LogP contribution in [0.1, 0.15) is 29.9 Å². The van der Waals surface area contributed by atoms with Crippen LogP contribution in [0.25, 0.3) is 0 Å². The van der Waals surface area contributed by atoms with Gasteiger partial charge in [0, 0.05) is 5.71 Å². The molecule has 1 rings (SSSR count). The van der Waals surface area contributed by atoms with E-state index in [1.807, 2.05) is 25.3 Å². The van der Waals surface area contributed by atoms with E-state index in [4.69, 9.17) is 0 Å². The summed E-state index contributed by atoms with van der Waals surface area (Å²) in [6.07, 6.45) is 0.852. The summed E-state index contributed by atoms with van der Waals surface area (Å²) in [5.41, 5.74) is 3.42. The van der Waals surface area contributed by atoms with Gasteiger partial charge < -0.3 is 0 Å². The van der Waals surface area contributed by atoms with Crippen LogP contribution in [0.3, 0.4) is 0 Å². The van der Waals surface area contributed by atoms with Gasteiger partial charge in [0.1, 0.15) is 0 Å². The van der Waals surface area contributed by atoms with Crippen LogP contribution in [0.2, 0.25) is 0 Å². The van der Waals surface area contributed by atoms with E-state index in [0.717, 1.165) is 12.1 Å². The molecule has 13 heavy (non-hydrogen) atoms. The predicted octanol–water partition coefficient (Wildman–Crippen LogP) is 2.26. The fraction of sp³-hybridized carbons (Fsp3) is 0.333. The third kappa shape index (κ3) is 2.99. The molecular weight excluding hydrogens is 184 g/mol. The first-order chi connectivity index (χ1) is 6.24. The Hall–Kier alpha value is -1.16. The molecular formula is C9H12N2OS. The highest BCUT2D eigenvalue weighted by Gasteiger charge is 2.03. The van der Waals surface area contributed by atoms with Crippen molar-refractivity contribution in [1.82, 2.24) is 5.43 Å².